The molecule has 6 nitrogen and oxygen atoms in total. The lowest BCUT2D eigenvalue weighted by atomic mass is 9.97. The van der Waals surface area contributed by atoms with Gasteiger partial charge in [0.05, 0.1) is 0 Å². The van der Waals surface area contributed by atoms with Crippen LogP contribution in [0.15, 0.2) is 17.0 Å². The Labute approximate surface area is 132 Å². The van der Waals surface area contributed by atoms with Crippen molar-refractivity contribution in [2.75, 3.05) is 6.61 Å². The van der Waals surface area contributed by atoms with E-state index in [4.69, 9.17) is 26.2 Å². The monoisotopic (exact) mass is 346 g/mol. The van der Waals surface area contributed by atoms with Crippen LogP contribution in [0.5, 0.6) is 11.5 Å². The van der Waals surface area contributed by atoms with Crippen molar-refractivity contribution in [2.45, 2.75) is 41.9 Å². The first-order valence-electron chi connectivity index (χ1n) is 6.99. The van der Waals surface area contributed by atoms with Gasteiger partial charge < -0.3 is 14.6 Å². The van der Waals surface area contributed by atoms with E-state index in [2.05, 4.69) is 0 Å². The number of carbonyl (C=O) groups is 1. The number of hydrogen-bond acceptors (Lipinski definition) is 5. The van der Waals surface area contributed by atoms with Gasteiger partial charge in [0.15, 0.2) is 22.2 Å². The predicted octanol–water partition coefficient (Wildman–Crippen LogP) is 2.28. The first-order chi connectivity index (χ1) is 10.4. The lowest BCUT2D eigenvalue weighted by molar-refractivity contribution is -0.139. The van der Waals surface area contributed by atoms with Gasteiger partial charge in [0, 0.05) is 0 Å². The molecule has 1 N–H and O–H groups in total. The van der Waals surface area contributed by atoms with E-state index in [1.807, 2.05) is 0 Å². The number of benzene rings is 1. The van der Waals surface area contributed by atoms with Crippen molar-refractivity contribution >= 4 is 27.4 Å². The van der Waals surface area contributed by atoms with Crippen molar-refractivity contribution in [1.29, 1.82) is 0 Å². The highest BCUT2D eigenvalue weighted by molar-refractivity contribution is 7.92. The van der Waals surface area contributed by atoms with Crippen LogP contribution in [0.4, 0.5) is 0 Å². The third-order valence-electron chi connectivity index (χ3n) is 3.99. The van der Waals surface area contributed by atoms with Crippen LogP contribution in [0.2, 0.25) is 5.02 Å². The fourth-order valence-electron chi connectivity index (χ4n) is 2.97. The maximum Gasteiger partial charge on any atom is 0.341 e. The third-order valence-corrected chi connectivity index (χ3v) is 6.62. The summed E-state index contributed by atoms with van der Waals surface area (Å²) in [6, 6.07) is 2.74. The minimum absolute atomic E-state index is 0.00588. The van der Waals surface area contributed by atoms with E-state index in [0.29, 0.717) is 12.8 Å². The maximum atomic E-state index is 12.7. The minimum atomic E-state index is -3.49. The van der Waals surface area contributed by atoms with Crippen LogP contribution in [-0.2, 0) is 14.6 Å². The molecule has 1 saturated carbocycles. The van der Waals surface area contributed by atoms with Gasteiger partial charge >= 0.3 is 5.97 Å². The topological polar surface area (TPSA) is 89.9 Å². The molecular formula is C14H15ClO6S. The highest BCUT2D eigenvalue weighted by Crippen LogP contribution is 2.47. The van der Waals surface area contributed by atoms with Crippen molar-refractivity contribution < 1.29 is 27.8 Å². The van der Waals surface area contributed by atoms with E-state index in [0.717, 1.165) is 12.8 Å². The molecule has 0 spiro atoms. The molecule has 120 valence electrons. The summed E-state index contributed by atoms with van der Waals surface area (Å²) in [7, 11) is -3.49. The summed E-state index contributed by atoms with van der Waals surface area (Å²) in [4.78, 5) is 10.6. The molecule has 0 amide bonds. The molecule has 1 heterocycles. The fraction of sp³-hybridized carbons (Fsp3) is 0.500. The number of rotatable bonds is 3. The van der Waals surface area contributed by atoms with Crippen LogP contribution >= 0.6 is 11.6 Å². The Balaban J connectivity index is 2.02. The Morgan fingerprint density at radius 2 is 2.09 bits per heavy atom. The van der Waals surface area contributed by atoms with Gasteiger partial charge in [0.25, 0.3) is 0 Å². The summed E-state index contributed by atoms with van der Waals surface area (Å²) in [5.41, 5.74) is 0. The molecule has 0 unspecified atom stereocenters. The Bertz CT molecular complexity index is 714. The van der Waals surface area contributed by atoms with E-state index < -0.39 is 33.8 Å². The average Bonchev–Trinajstić information content (AvgIpc) is 2.47. The van der Waals surface area contributed by atoms with Crippen LogP contribution in [0.25, 0.3) is 0 Å². The summed E-state index contributed by atoms with van der Waals surface area (Å²) in [5.74, 6) is -0.963. The molecule has 0 aromatic heterocycles. The van der Waals surface area contributed by atoms with Crippen molar-refractivity contribution in [3.63, 3.8) is 0 Å². The normalized spacial score (nSPS) is 25.5. The van der Waals surface area contributed by atoms with Gasteiger partial charge in [-0.05, 0) is 31.4 Å². The van der Waals surface area contributed by atoms with Gasteiger partial charge in [-0.1, -0.05) is 18.0 Å². The van der Waals surface area contributed by atoms with Crippen molar-refractivity contribution in [3.05, 3.63) is 17.2 Å². The number of carboxylic acids is 1. The molecule has 0 radical (unpaired) electrons. The first kappa shape index (κ1) is 15.4. The zero-order valence-corrected chi connectivity index (χ0v) is 13.2. The number of halogens is 1. The number of hydrogen-bond donors (Lipinski definition) is 1. The van der Waals surface area contributed by atoms with Gasteiger partial charge in [-0.2, -0.15) is 0 Å². The molecule has 1 aromatic carbocycles. The number of ether oxygens (including phenoxy) is 2. The van der Waals surface area contributed by atoms with Crippen LogP contribution in [0.1, 0.15) is 25.7 Å². The van der Waals surface area contributed by atoms with E-state index in [9.17, 15) is 13.2 Å². The van der Waals surface area contributed by atoms with Crippen LogP contribution in [0.3, 0.4) is 0 Å². The number of carboxylic acid groups (broad SMARTS) is 1. The molecule has 2 atom stereocenters. The van der Waals surface area contributed by atoms with Gasteiger partial charge in [-0.25, -0.2) is 13.2 Å². The second kappa shape index (κ2) is 5.62. The van der Waals surface area contributed by atoms with Crippen LogP contribution < -0.4 is 9.47 Å². The highest BCUT2D eigenvalue weighted by atomic mass is 35.5. The molecule has 2 aliphatic rings. The van der Waals surface area contributed by atoms with Gasteiger partial charge in [0.2, 0.25) is 0 Å². The molecule has 1 aliphatic heterocycles. The molecule has 8 heteroatoms. The van der Waals surface area contributed by atoms with Crippen LogP contribution in [0, 0.1) is 0 Å². The molecule has 1 fully saturated rings. The molecule has 3 rings (SSSR count). The van der Waals surface area contributed by atoms with Gasteiger partial charge in [-0.15, -0.1) is 0 Å². The standard InChI is InChI=1S/C14H15ClO6S/c15-13-9(20-7-12(16)17)5-6-11-14(13)21-8-3-1-2-4-10(8)22(11,18)19/h5-6,8,10H,1-4,7H2,(H,16,17)/t8-,10-/m1/s1. The largest absolute Gasteiger partial charge is 0.486 e. The summed E-state index contributed by atoms with van der Waals surface area (Å²) in [6.07, 6.45) is 2.63. The summed E-state index contributed by atoms with van der Waals surface area (Å²) >= 11 is 6.16. The fourth-order valence-corrected chi connectivity index (χ4v) is 5.35. The molecular weight excluding hydrogens is 332 g/mol. The highest BCUT2D eigenvalue weighted by Gasteiger charge is 2.44. The second-order valence-electron chi connectivity index (χ2n) is 5.41. The number of fused-ring (bicyclic) bond motifs is 2. The summed E-state index contributed by atoms with van der Waals surface area (Å²) < 4.78 is 36.3. The Morgan fingerprint density at radius 3 is 2.82 bits per heavy atom. The zero-order valence-electron chi connectivity index (χ0n) is 11.6. The quantitative estimate of drug-likeness (QED) is 0.903. The van der Waals surface area contributed by atoms with E-state index >= 15 is 0 Å². The summed E-state index contributed by atoms with van der Waals surface area (Å²) in [5, 5.41) is 8.12. The Morgan fingerprint density at radius 1 is 1.36 bits per heavy atom. The van der Waals surface area contributed by atoms with E-state index in [1.165, 1.54) is 12.1 Å². The lowest BCUT2D eigenvalue weighted by Crippen LogP contribution is -2.44. The van der Waals surface area contributed by atoms with Crippen molar-refractivity contribution in [1.82, 2.24) is 0 Å². The molecule has 0 saturated heterocycles. The summed E-state index contributed by atoms with van der Waals surface area (Å²) in [6.45, 7) is -0.558. The van der Waals surface area contributed by atoms with E-state index in [-0.39, 0.29) is 21.4 Å². The SMILES string of the molecule is O=C(O)COc1ccc2c(c1Cl)O[C@@H]1CCCC[C@H]1S2(=O)=O. The molecule has 0 bridgehead atoms. The minimum Gasteiger partial charge on any atom is -0.486 e. The van der Waals surface area contributed by atoms with Crippen molar-refractivity contribution in [3.8, 4) is 11.5 Å². The Hall–Kier alpha value is -1.47. The first-order valence-corrected chi connectivity index (χ1v) is 8.91. The average molecular weight is 347 g/mol. The third kappa shape index (κ3) is 2.52. The van der Waals surface area contributed by atoms with Gasteiger partial charge in [-0.3, -0.25) is 0 Å². The number of aliphatic carboxylic acids is 1. The Kier molecular flexibility index (Phi) is 3.94. The zero-order chi connectivity index (χ0) is 15.9. The predicted molar refractivity (Wildman–Crippen MR) is 78.4 cm³/mol. The van der Waals surface area contributed by atoms with E-state index in [1.54, 1.807) is 0 Å². The molecule has 22 heavy (non-hydrogen) atoms. The van der Waals surface area contributed by atoms with Crippen molar-refractivity contribution in [2.24, 2.45) is 0 Å². The molecule has 1 aliphatic carbocycles. The van der Waals surface area contributed by atoms with Crippen LogP contribution in [-0.4, -0.2) is 37.5 Å². The maximum absolute atomic E-state index is 12.7. The lowest BCUT2D eigenvalue weighted by Gasteiger charge is -2.36. The smallest absolute Gasteiger partial charge is 0.341 e. The van der Waals surface area contributed by atoms with Gasteiger partial charge in [0.1, 0.15) is 27.0 Å². The second-order valence-corrected chi connectivity index (χ2v) is 7.92. The molecule has 1 aromatic rings. The number of sulfone groups is 1.